The molecule has 3 aromatic rings. The van der Waals surface area contributed by atoms with E-state index in [1.54, 1.807) is 18.3 Å². The van der Waals surface area contributed by atoms with Gasteiger partial charge in [-0.3, -0.25) is 14.3 Å². The molecule has 2 N–H and O–H groups in total. The molecule has 7 nitrogen and oxygen atoms in total. The topological polar surface area (TPSA) is 92.9 Å². The summed E-state index contributed by atoms with van der Waals surface area (Å²) in [7, 11) is 0. The van der Waals surface area contributed by atoms with Crippen LogP contribution in [0.1, 0.15) is 19.2 Å². The van der Waals surface area contributed by atoms with Crippen LogP contribution in [-0.2, 0) is 19.5 Å². The number of rotatable bonds is 5. The molecule has 0 bridgehead atoms. The molecule has 0 fully saturated rings. The van der Waals surface area contributed by atoms with Crippen molar-refractivity contribution in [1.82, 2.24) is 19.1 Å². The zero-order valence-electron chi connectivity index (χ0n) is 12.8. The quantitative estimate of drug-likeness (QED) is 0.741. The first-order valence-electron chi connectivity index (χ1n) is 7.56. The fourth-order valence-corrected chi connectivity index (χ4v) is 2.80. The molecular weight excluding hydrogens is 296 g/mol. The highest BCUT2D eigenvalue weighted by molar-refractivity contribution is 5.83. The number of hydrogen-bond acceptors (Lipinski definition) is 4. The smallest absolute Gasteiger partial charge is 0.328 e. The second kappa shape index (κ2) is 6.12. The number of benzene rings is 1. The third kappa shape index (κ3) is 2.77. The lowest BCUT2D eigenvalue weighted by Gasteiger charge is -2.11. The number of fused-ring (bicyclic) bond motifs is 1. The molecule has 2 aromatic heterocycles. The number of nitrogens with zero attached hydrogens (tertiary/aromatic N) is 3. The highest BCUT2D eigenvalue weighted by Gasteiger charge is 2.11. The second-order valence-electron chi connectivity index (χ2n) is 5.32. The fourth-order valence-electron chi connectivity index (χ4n) is 2.80. The third-order valence-electron chi connectivity index (χ3n) is 3.92. The minimum absolute atomic E-state index is 0.0687. The summed E-state index contributed by atoms with van der Waals surface area (Å²) in [5, 5.41) is 10.3. The van der Waals surface area contributed by atoms with Gasteiger partial charge in [0.25, 0.3) is 5.56 Å². The maximum atomic E-state index is 12.1. The lowest BCUT2D eigenvalue weighted by atomic mass is 10.2. The van der Waals surface area contributed by atoms with E-state index in [0.717, 1.165) is 12.4 Å². The lowest BCUT2D eigenvalue weighted by Crippen LogP contribution is -2.30. The summed E-state index contributed by atoms with van der Waals surface area (Å²) >= 11 is 0. The van der Waals surface area contributed by atoms with Crippen molar-refractivity contribution in [3.63, 3.8) is 0 Å². The van der Waals surface area contributed by atoms with E-state index in [1.807, 2.05) is 17.7 Å². The van der Waals surface area contributed by atoms with E-state index in [2.05, 4.69) is 9.97 Å². The minimum atomic E-state index is -0.511. The number of phenols is 1. The summed E-state index contributed by atoms with van der Waals surface area (Å²) < 4.78 is 3.45. The number of phenolic OH excluding ortho intramolecular Hbond substituents is 1. The van der Waals surface area contributed by atoms with Gasteiger partial charge in [-0.25, -0.2) is 9.78 Å². The number of imidazole rings is 1. The van der Waals surface area contributed by atoms with Crippen molar-refractivity contribution in [1.29, 1.82) is 0 Å². The van der Waals surface area contributed by atoms with Gasteiger partial charge >= 0.3 is 5.69 Å². The summed E-state index contributed by atoms with van der Waals surface area (Å²) in [6.07, 6.45) is 5.06. The molecule has 0 aliphatic heterocycles. The summed E-state index contributed by atoms with van der Waals surface area (Å²) in [5.41, 5.74) is -0.721. The molecular formula is C16H18N4O3. The molecule has 0 spiro atoms. The van der Waals surface area contributed by atoms with Gasteiger partial charge in [-0.15, -0.1) is 0 Å². The number of para-hydroxylation sites is 1. The number of aromatic nitrogens is 4. The Morgan fingerprint density at radius 1 is 1.30 bits per heavy atom. The molecule has 0 amide bonds. The highest BCUT2D eigenvalue weighted by atomic mass is 16.3. The average Bonchev–Trinajstić information content (AvgIpc) is 2.98. The second-order valence-corrected chi connectivity index (χ2v) is 5.32. The summed E-state index contributed by atoms with van der Waals surface area (Å²) in [5.74, 6) is 0.888. The number of aromatic amines is 1. The normalized spacial score (nSPS) is 11.2. The molecule has 23 heavy (non-hydrogen) atoms. The Kier molecular flexibility index (Phi) is 4.01. The monoisotopic (exact) mass is 314 g/mol. The van der Waals surface area contributed by atoms with Crippen LogP contribution < -0.4 is 11.2 Å². The van der Waals surface area contributed by atoms with Crippen molar-refractivity contribution in [2.75, 3.05) is 0 Å². The first-order chi connectivity index (χ1) is 11.1. The Morgan fingerprint density at radius 2 is 2.13 bits per heavy atom. The van der Waals surface area contributed by atoms with Gasteiger partial charge in [0, 0.05) is 31.9 Å². The molecule has 2 heterocycles. The molecule has 120 valence electrons. The maximum Gasteiger partial charge on any atom is 0.328 e. The Hall–Kier alpha value is -2.83. The van der Waals surface area contributed by atoms with Crippen LogP contribution in [0.25, 0.3) is 10.9 Å². The highest BCUT2D eigenvalue weighted by Crippen LogP contribution is 2.20. The van der Waals surface area contributed by atoms with Gasteiger partial charge in [-0.1, -0.05) is 6.07 Å². The van der Waals surface area contributed by atoms with E-state index in [4.69, 9.17) is 0 Å². The molecule has 0 unspecified atom stereocenters. The fraction of sp³-hybridized carbons (Fsp3) is 0.312. The van der Waals surface area contributed by atoms with Crippen molar-refractivity contribution < 1.29 is 5.11 Å². The van der Waals surface area contributed by atoms with Gasteiger partial charge in [0.1, 0.15) is 17.1 Å². The van der Waals surface area contributed by atoms with E-state index in [-0.39, 0.29) is 11.3 Å². The van der Waals surface area contributed by atoms with Crippen LogP contribution >= 0.6 is 0 Å². The van der Waals surface area contributed by atoms with Crippen molar-refractivity contribution in [3.8, 4) is 5.75 Å². The molecule has 3 rings (SSSR count). The number of aryl methyl sites for hydroxylation is 3. The van der Waals surface area contributed by atoms with Crippen LogP contribution in [0.15, 0.2) is 40.2 Å². The van der Waals surface area contributed by atoms with Crippen molar-refractivity contribution in [3.05, 3.63) is 57.3 Å². The van der Waals surface area contributed by atoms with Gasteiger partial charge in [-0.2, -0.15) is 0 Å². The number of aromatic hydroxyl groups is 1. The summed E-state index contributed by atoms with van der Waals surface area (Å²) in [4.78, 5) is 30.6. The zero-order valence-corrected chi connectivity index (χ0v) is 12.8. The standard InChI is InChI=1S/C16H18N4O3/c1-2-19-10-8-17-13(19)7-4-9-20-14-11(5-3-6-12(14)21)15(22)18-16(20)23/h3,5-6,8,10,21H,2,4,7,9H2,1H3,(H,18,22,23). The molecule has 0 saturated heterocycles. The van der Waals surface area contributed by atoms with Crippen LogP contribution in [-0.4, -0.2) is 24.2 Å². The number of hydrogen-bond donors (Lipinski definition) is 2. The molecule has 0 aliphatic rings. The van der Waals surface area contributed by atoms with E-state index in [0.29, 0.717) is 24.8 Å². The Balaban J connectivity index is 1.91. The van der Waals surface area contributed by atoms with Crippen LogP contribution in [0.5, 0.6) is 5.75 Å². The van der Waals surface area contributed by atoms with Gasteiger partial charge < -0.3 is 9.67 Å². The van der Waals surface area contributed by atoms with E-state index >= 15 is 0 Å². The van der Waals surface area contributed by atoms with Crippen LogP contribution in [0.3, 0.4) is 0 Å². The number of nitrogens with one attached hydrogen (secondary N) is 1. The molecule has 0 aliphatic carbocycles. The van der Waals surface area contributed by atoms with Crippen molar-refractivity contribution >= 4 is 10.9 Å². The lowest BCUT2D eigenvalue weighted by molar-refractivity contribution is 0.474. The van der Waals surface area contributed by atoms with Gasteiger partial charge in [-0.05, 0) is 25.5 Å². The predicted octanol–water partition coefficient (Wildman–Crippen LogP) is 1.24. The Labute approximate surface area is 131 Å². The zero-order chi connectivity index (χ0) is 16.4. The summed E-state index contributed by atoms with van der Waals surface area (Å²) in [6, 6.07) is 4.65. The number of H-pyrrole nitrogens is 1. The van der Waals surface area contributed by atoms with E-state index < -0.39 is 11.2 Å². The molecule has 1 aromatic carbocycles. The summed E-state index contributed by atoms with van der Waals surface area (Å²) in [6.45, 7) is 3.28. The van der Waals surface area contributed by atoms with Crippen molar-refractivity contribution in [2.45, 2.75) is 32.9 Å². The molecule has 0 radical (unpaired) electrons. The Morgan fingerprint density at radius 3 is 2.91 bits per heavy atom. The SMILES string of the molecule is CCn1ccnc1CCCn1c(=O)[nH]c(=O)c2cccc(O)c21. The van der Waals surface area contributed by atoms with Crippen LogP contribution in [0.4, 0.5) is 0 Å². The first kappa shape index (κ1) is 15.1. The third-order valence-corrected chi connectivity index (χ3v) is 3.92. The molecule has 0 atom stereocenters. The average molecular weight is 314 g/mol. The van der Waals surface area contributed by atoms with Gasteiger partial charge in [0.15, 0.2) is 0 Å². The van der Waals surface area contributed by atoms with Crippen LogP contribution in [0, 0.1) is 0 Å². The maximum absolute atomic E-state index is 12.1. The van der Waals surface area contributed by atoms with E-state index in [9.17, 15) is 14.7 Å². The van der Waals surface area contributed by atoms with Gasteiger partial charge in [0.2, 0.25) is 0 Å². The minimum Gasteiger partial charge on any atom is -0.506 e. The van der Waals surface area contributed by atoms with Gasteiger partial charge in [0.05, 0.1) is 5.39 Å². The van der Waals surface area contributed by atoms with Crippen LogP contribution in [0.2, 0.25) is 0 Å². The largest absolute Gasteiger partial charge is 0.506 e. The first-order valence-corrected chi connectivity index (χ1v) is 7.56. The predicted molar refractivity (Wildman–Crippen MR) is 86.7 cm³/mol. The van der Waals surface area contributed by atoms with Crippen molar-refractivity contribution in [2.24, 2.45) is 0 Å². The molecule has 0 saturated carbocycles. The van der Waals surface area contributed by atoms with E-state index in [1.165, 1.54) is 10.6 Å². The Bertz CT molecular complexity index is 952. The molecule has 7 heteroatoms.